The van der Waals surface area contributed by atoms with E-state index in [1.54, 1.807) is 0 Å². The van der Waals surface area contributed by atoms with E-state index in [0.29, 0.717) is 34.5 Å². The normalized spacial score (nSPS) is 11.8. The topological polar surface area (TPSA) is 40.7 Å². The number of para-hydroxylation sites is 6. The Bertz CT molecular complexity index is 3310. The van der Waals surface area contributed by atoms with Crippen molar-refractivity contribution < 1.29 is 14.2 Å². The molecule has 0 spiro atoms. The molecule has 1 aliphatic heterocycles. The Kier molecular flexibility index (Phi) is 12.2. The van der Waals surface area contributed by atoms with E-state index in [4.69, 9.17) is 14.2 Å². The van der Waals surface area contributed by atoms with Gasteiger partial charge in [0.25, 0.3) is 0 Å². The molecule has 0 radical (unpaired) electrons. The standard InChI is InChI=1S/C66H48N4O3/c1-7-22-49(23-8-1)67(50-24-9-2-10-25-50)57-40-59-46-65(44-57)72-63-38-21-39-64(48-63)73-66-45-58(68(51-26-11-3-12-27-51)52-28-13-4-14-29-52)41-60(47-66)70(54-32-17-6-18-33-54)56-35-20-37-62(43-56)71-61-36-19-34-55(42-61)69(59)53-30-15-5-16-31-53/h1-48H. The Morgan fingerprint density at radius 1 is 0.192 bits per heavy atom. The molecule has 11 aromatic rings. The van der Waals surface area contributed by atoms with E-state index in [1.807, 2.05) is 84.9 Å². The van der Waals surface area contributed by atoms with Crippen LogP contribution in [0.5, 0.6) is 34.5 Å². The summed E-state index contributed by atoms with van der Waals surface area (Å²) in [6.07, 6.45) is 0. The molecule has 12 rings (SSSR count). The SMILES string of the molecule is c1ccc(N(c2ccccc2)c2cc3cc(c2)N(c2ccccc2)c2cccc(c2)Oc2cccc(c2)N(c2ccccc2)c2cc(cc(N(c4ccccc4)c4ccccc4)c2)Oc2cccc(c2)O3)cc1. The second kappa shape index (κ2) is 20.2. The maximum absolute atomic E-state index is 7.00. The van der Waals surface area contributed by atoms with E-state index >= 15 is 0 Å². The van der Waals surface area contributed by atoms with Crippen molar-refractivity contribution in [3.05, 3.63) is 291 Å². The minimum atomic E-state index is 0.608. The average molecular weight is 945 g/mol. The summed E-state index contributed by atoms with van der Waals surface area (Å²) >= 11 is 0. The molecule has 1 aliphatic rings. The van der Waals surface area contributed by atoms with Crippen LogP contribution < -0.4 is 33.8 Å². The zero-order valence-corrected chi connectivity index (χ0v) is 39.7. The Balaban J connectivity index is 1.08. The van der Waals surface area contributed by atoms with Crippen molar-refractivity contribution >= 4 is 68.2 Å². The molecule has 1 heterocycles. The molecule has 0 atom stereocenters. The van der Waals surface area contributed by atoms with Gasteiger partial charge in [-0.15, -0.1) is 0 Å². The van der Waals surface area contributed by atoms with Gasteiger partial charge >= 0.3 is 0 Å². The molecule has 10 bridgehead atoms. The highest BCUT2D eigenvalue weighted by Crippen LogP contribution is 2.47. The molecule has 0 saturated heterocycles. The first kappa shape index (κ1) is 44.2. The highest BCUT2D eigenvalue weighted by molar-refractivity contribution is 5.87. The lowest BCUT2D eigenvalue weighted by Crippen LogP contribution is -2.14. The molecule has 7 nitrogen and oxygen atoms in total. The zero-order valence-electron chi connectivity index (χ0n) is 39.7. The van der Waals surface area contributed by atoms with Crippen LogP contribution in [0.4, 0.5) is 68.2 Å². The van der Waals surface area contributed by atoms with Gasteiger partial charge in [0, 0.05) is 88.0 Å². The molecule has 7 heteroatoms. The van der Waals surface area contributed by atoms with Crippen molar-refractivity contribution in [2.75, 3.05) is 19.6 Å². The van der Waals surface area contributed by atoms with E-state index in [-0.39, 0.29) is 0 Å². The summed E-state index contributed by atoms with van der Waals surface area (Å²) in [5.41, 5.74) is 11.3. The summed E-state index contributed by atoms with van der Waals surface area (Å²) in [5.74, 6) is 3.83. The summed E-state index contributed by atoms with van der Waals surface area (Å²) in [6, 6.07) is 99.5. The van der Waals surface area contributed by atoms with Gasteiger partial charge in [-0.25, -0.2) is 0 Å². The van der Waals surface area contributed by atoms with Crippen molar-refractivity contribution in [3.63, 3.8) is 0 Å². The first-order valence-corrected chi connectivity index (χ1v) is 24.3. The van der Waals surface area contributed by atoms with Gasteiger partial charge < -0.3 is 33.8 Å². The van der Waals surface area contributed by atoms with Gasteiger partial charge in [-0.3, -0.25) is 0 Å². The van der Waals surface area contributed by atoms with Crippen molar-refractivity contribution in [2.45, 2.75) is 0 Å². The average Bonchev–Trinajstić information content (AvgIpc) is 3.43. The first-order valence-electron chi connectivity index (χ1n) is 24.3. The summed E-state index contributed by atoms with van der Waals surface area (Å²) in [4.78, 5) is 8.98. The van der Waals surface area contributed by atoms with Crippen LogP contribution in [0.15, 0.2) is 291 Å². The second-order valence-electron chi connectivity index (χ2n) is 17.5. The smallest absolute Gasteiger partial charge is 0.131 e. The minimum Gasteiger partial charge on any atom is -0.457 e. The Labute approximate surface area is 425 Å². The maximum Gasteiger partial charge on any atom is 0.131 e. The van der Waals surface area contributed by atoms with Gasteiger partial charge in [0.1, 0.15) is 34.5 Å². The van der Waals surface area contributed by atoms with Crippen LogP contribution in [-0.4, -0.2) is 0 Å². The second-order valence-corrected chi connectivity index (χ2v) is 17.5. The molecular formula is C66H48N4O3. The van der Waals surface area contributed by atoms with Crippen LogP contribution in [0, 0.1) is 0 Å². The number of hydrogen-bond acceptors (Lipinski definition) is 7. The molecular weight excluding hydrogens is 897 g/mol. The monoisotopic (exact) mass is 944 g/mol. The summed E-state index contributed by atoms with van der Waals surface area (Å²) in [5, 5.41) is 0. The summed E-state index contributed by atoms with van der Waals surface area (Å²) in [6.45, 7) is 0. The number of rotatable bonds is 8. The molecule has 11 aromatic carbocycles. The van der Waals surface area contributed by atoms with E-state index < -0.39 is 0 Å². The largest absolute Gasteiger partial charge is 0.457 e. The van der Waals surface area contributed by atoms with Crippen LogP contribution >= 0.6 is 0 Å². The van der Waals surface area contributed by atoms with Crippen molar-refractivity contribution in [1.29, 1.82) is 0 Å². The van der Waals surface area contributed by atoms with Crippen LogP contribution in [0.2, 0.25) is 0 Å². The fourth-order valence-electron chi connectivity index (χ4n) is 9.40. The van der Waals surface area contributed by atoms with E-state index in [0.717, 1.165) is 68.2 Å². The predicted molar refractivity (Wildman–Crippen MR) is 298 cm³/mol. The predicted octanol–water partition coefficient (Wildman–Crippen LogP) is 19.3. The number of benzene rings is 11. The van der Waals surface area contributed by atoms with Gasteiger partial charge in [0.05, 0.1) is 22.7 Å². The highest BCUT2D eigenvalue weighted by atomic mass is 16.5. The van der Waals surface area contributed by atoms with E-state index in [9.17, 15) is 0 Å². The summed E-state index contributed by atoms with van der Waals surface area (Å²) in [7, 11) is 0. The number of hydrogen-bond donors (Lipinski definition) is 0. The Morgan fingerprint density at radius 2 is 0.466 bits per heavy atom. The Hall–Kier alpha value is -9.98. The van der Waals surface area contributed by atoms with E-state index in [1.165, 1.54) is 0 Å². The van der Waals surface area contributed by atoms with E-state index in [2.05, 4.69) is 226 Å². The van der Waals surface area contributed by atoms with Crippen LogP contribution in [-0.2, 0) is 0 Å². The molecule has 0 aliphatic carbocycles. The highest BCUT2D eigenvalue weighted by Gasteiger charge is 2.23. The fourth-order valence-corrected chi connectivity index (χ4v) is 9.40. The minimum absolute atomic E-state index is 0.608. The molecule has 0 fully saturated rings. The van der Waals surface area contributed by atoms with Gasteiger partial charge in [-0.2, -0.15) is 0 Å². The third kappa shape index (κ3) is 9.67. The molecule has 0 amide bonds. The fraction of sp³-hybridized carbons (Fsp3) is 0. The quantitative estimate of drug-likeness (QED) is 0.150. The van der Waals surface area contributed by atoms with Crippen LogP contribution in [0.1, 0.15) is 0 Å². The van der Waals surface area contributed by atoms with Crippen LogP contribution in [0.25, 0.3) is 0 Å². The van der Waals surface area contributed by atoms with Gasteiger partial charge in [0.2, 0.25) is 0 Å². The number of fused-ring (bicyclic) bond motifs is 10. The molecule has 0 saturated carbocycles. The molecule has 0 aromatic heterocycles. The lowest BCUT2D eigenvalue weighted by atomic mass is 10.1. The number of anilines is 12. The van der Waals surface area contributed by atoms with Gasteiger partial charge in [-0.1, -0.05) is 127 Å². The number of ether oxygens (including phenoxy) is 3. The molecule has 350 valence electrons. The molecule has 0 unspecified atom stereocenters. The lowest BCUT2D eigenvalue weighted by molar-refractivity contribution is 0.460. The summed E-state index contributed by atoms with van der Waals surface area (Å²) < 4.78 is 20.9. The third-order valence-electron chi connectivity index (χ3n) is 12.5. The lowest BCUT2D eigenvalue weighted by Gasteiger charge is -2.30. The number of nitrogens with zero attached hydrogens (tertiary/aromatic N) is 4. The van der Waals surface area contributed by atoms with Crippen molar-refractivity contribution in [2.24, 2.45) is 0 Å². The first-order chi connectivity index (χ1) is 36.1. The van der Waals surface area contributed by atoms with Crippen molar-refractivity contribution in [3.8, 4) is 34.5 Å². The Morgan fingerprint density at radius 3 is 0.822 bits per heavy atom. The molecule has 0 N–H and O–H groups in total. The van der Waals surface area contributed by atoms with Gasteiger partial charge in [0.15, 0.2) is 0 Å². The maximum atomic E-state index is 7.00. The molecule has 73 heavy (non-hydrogen) atoms. The van der Waals surface area contributed by atoms with Crippen molar-refractivity contribution in [1.82, 2.24) is 0 Å². The van der Waals surface area contributed by atoms with Crippen LogP contribution in [0.3, 0.4) is 0 Å². The zero-order chi connectivity index (χ0) is 48.8. The van der Waals surface area contributed by atoms with Gasteiger partial charge in [-0.05, 0) is 121 Å². The third-order valence-corrected chi connectivity index (χ3v) is 12.5.